The Kier molecular flexibility index (Phi) is 8.10. The number of methoxy groups -OCH3 is 1. The van der Waals surface area contributed by atoms with Crippen molar-refractivity contribution in [2.24, 2.45) is 0 Å². The first kappa shape index (κ1) is 21.2. The number of hydrogen-bond acceptors (Lipinski definition) is 6. The van der Waals surface area contributed by atoms with Gasteiger partial charge in [-0.15, -0.1) is 0 Å². The van der Waals surface area contributed by atoms with E-state index in [-0.39, 0.29) is 6.54 Å². The molecule has 0 spiro atoms. The van der Waals surface area contributed by atoms with Gasteiger partial charge in [-0.3, -0.25) is 10.2 Å². The highest BCUT2D eigenvalue weighted by molar-refractivity contribution is 14.1. The fourth-order valence-corrected chi connectivity index (χ4v) is 2.60. The summed E-state index contributed by atoms with van der Waals surface area (Å²) in [6.45, 7) is 5.06. The normalized spacial score (nSPS) is 12.0. The number of amides is 2. The van der Waals surface area contributed by atoms with E-state index in [0.717, 1.165) is 3.57 Å². The standard InChI is InChI=1S/C16H22IN3O5/c1-16(2,3)25-15(23)20-19-13(14(22)18-7-8-21)10-5-6-12(24-4)11(17)9-10/h5-6,8-9,13,19H,7H2,1-4H3,(H,18,22)(H,20,23)/t13-/m0/s1. The fraction of sp³-hybridized carbons (Fsp3) is 0.438. The van der Waals surface area contributed by atoms with Crippen LogP contribution in [-0.4, -0.2) is 37.5 Å². The Morgan fingerprint density at radius 3 is 2.52 bits per heavy atom. The van der Waals surface area contributed by atoms with Gasteiger partial charge in [-0.1, -0.05) is 6.07 Å². The van der Waals surface area contributed by atoms with E-state index in [4.69, 9.17) is 9.47 Å². The SMILES string of the molecule is COc1ccc([C@H](NNC(=O)OC(C)(C)C)C(=O)NCC=O)cc1I. The minimum atomic E-state index is -0.910. The highest BCUT2D eigenvalue weighted by Gasteiger charge is 2.23. The predicted octanol–water partition coefficient (Wildman–Crippen LogP) is 1.69. The van der Waals surface area contributed by atoms with E-state index in [2.05, 4.69) is 38.8 Å². The van der Waals surface area contributed by atoms with Crippen molar-refractivity contribution < 1.29 is 23.9 Å². The lowest BCUT2D eigenvalue weighted by Crippen LogP contribution is -2.48. The van der Waals surface area contributed by atoms with Crippen LogP contribution in [-0.2, 0) is 14.3 Å². The second-order valence-electron chi connectivity index (χ2n) is 6.01. The van der Waals surface area contributed by atoms with Gasteiger partial charge in [-0.2, -0.15) is 0 Å². The third-order valence-corrected chi connectivity index (χ3v) is 3.69. The summed E-state index contributed by atoms with van der Waals surface area (Å²) in [5.41, 5.74) is 4.90. The molecule has 3 N–H and O–H groups in total. The van der Waals surface area contributed by atoms with E-state index in [9.17, 15) is 14.4 Å². The molecule has 0 saturated heterocycles. The monoisotopic (exact) mass is 463 g/mol. The molecule has 2 amide bonds. The van der Waals surface area contributed by atoms with Crippen molar-refractivity contribution >= 4 is 40.9 Å². The van der Waals surface area contributed by atoms with E-state index in [1.807, 2.05) is 0 Å². The van der Waals surface area contributed by atoms with Gasteiger partial charge in [0.25, 0.3) is 0 Å². The van der Waals surface area contributed by atoms with Gasteiger partial charge in [0.2, 0.25) is 5.91 Å². The predicted molar refractivity (Wildman–Crippen MR) is 100 cm³/mol. The minimum Gasteiger partial charge on any atom is -0.496 e. The summed E-state index contributed by atoms with van der Waals surface area (Å²) < 4.78 is 11.1. The molecule has 25 heavy (non-hydrogen) atoms. The van der Waals surface area contributed by atoms with E-state index in [1.54, 1.807) is 46.1 Å². The van der Waals surface area contributed by atoms with Crippen LogP contribution in [0.4, 0.5) is 4.79 Å². The molecule has 1 rings (SSSR count). The lowest BCUT2D eigenvalue weighted by molar-refractivity contribution is -0.124. The number of carbonyl (C=O) groups is 3. The Morgan fingerprint density at radius 2 is 2.00 bits per heavy atom. The lowest BCUT2D eigenvalue weighted by atomic mass is 10.1. The summed E-state index contributed by atoms with van der Waals surface area (Å²) in [5.74, 6) is 0.195. The molecule has 0 heterocycles. The van der Waals surface area contributed by atoms with Crippen molar-refractivity contribution in [3.63, 3.8) is 0 Å². The number of ether oxygens (including phenoxy) is 2. The molecule has 1 atom stereocenters. The third kappa shape index (κ3) is 7.26. The van der Waals surface area contributed by atoms with Crippen molar-refractivity contribution in [1.29, 1.82) is 0 Å². The Balaban J connectivity index is 2.93. The summed E-state index contributed by atoms with van der Waals surface area (Å²) in [6, 6.07) is 4.24. The highest BCUT2D eigenvalue weighted by Crippen LogP contribution is 2.24. The van der Waals surface area contributed by atoms with Crippen LogP contribution in [0.5, 0.6) is 5.75 Å². The molecule has 0 aliphatic rings. The molecule has 0 aromatic heterocycles. The number of hydrogen-bond donors (Lipinski definition) is 3. The second kappa shape index (κ2) is 9.56. The minimum absolute atomic E-state index is 0.128. The molecule has 1 aromatic carbocycles. The number of aldehydes is 1. The zero-order valence-electron chi connectivity index (χ0n) is 14.5. The maximum atomic E-state index is 12.3. The first-order chi connectivity index (χ1) is 11.7. The molecule has 1 aromatic rings. The van der Waals surface area contributed by atoms with Crippen LogP contribution >= 0.6 is 22.6 Å². The van der Waals surface area contributed by atoms with Crippen LogP contribution in [0.3, 0.4) is 0 Å². The van der Waals surface area contributed by atoms with Crippen molar-refractivity contribution in [1.82, 2.24) is 16.2 Å². The Morgan fingerprint density at radius 1 is 1.32 bits per heavy atom. The van der Waals surface area contributed by atoms with Crippen LogP contribution in [0, 0.1) is 3.57 Å². The summed E-state index contributed by atoms with van der Waals surface area (Å²) >= 11 is 2.08. The zero-order valence-corrected chi connectivity index (χ0v) is 16.7. The summed E-state index contributed by atoms with van der Waals surface area (Å²) in [7, 11) is 1.55. The highest BCUT2D eigenvalue weighted by atomic mass is 127. The average molecular weight is 463 g/mol. The number of rotatable bonds is 7. The van der Waals surface area contributed by atoms with E-state index in [1.165, 1.54) is 0 Å². The molecule has 8 nitrogen and oxygen atoms in total. The van der Waals surface area contributed by atoms with Gasteiger partial charge >= 0.3 is 6.09 Å². The smallest absolute Gasteiger partial charge is 0.422 e. The van der Waals surface area contributed by atoms with Crippen LogP contribution in [0.25, 0.3) is 0 Å². The van der Waals surface area contributed by atoms with Crippen LogP contribution in [0.2, 0.25) is 0 Å². The van der Waals surface area contributed by atoms with Crippen molar-refractivity contribution in [2.45, 2.75) is 32.4 Å². The number of benzene rings is 1. The first-order valence-corrected chi connectivity index (χ1v) is 8.55. The number of halogens is 1. The molecule has 0 bridgehead atoms. The number of carbonyl (C=O) groups excluding carboxylic acids is 3. The van der Waals surface area contributed by atoms with Gasteiger partial charge < -0.3 is 19.6 Å². The molecular formula is C16H22IN3O5. The zero-order chi connectivity index (χ0) is 19.0. The van der Waals surface area contributed by atoms with Crippen molar-refractivity contribution in [2.75, 3.05) is 13.7 Å². The van der Waals surface area contributed by atoms with Gasteiger partial charge in [0, 0.05) is 0 Å². The van der Waals surface area contributed by atoms with Crippen molar-refractivity contribution in [3.8, 4) is 5.75 Å². The van der Waals surface area contributed by atoms with Crippen LogP contribution in [0.1, 0.15) is 32.4 Å². The van der Waals surface area contributed by atoms with Gasteiger partial charge in [0.1, 0.15) is 23.7 Å². The Hall–Kier alpha value is -1.88. The lowest BCUT2D eigenvalue weighted by Gasteiger charge is -2.23. The fourth-order valence-electron chi connectivity index (χ4n) is 1.84. The van der Waals surface area contributed by atoms with Gasteiger partial charge in [-0.05, 0) is 61.1 Å². The van der Waals surface area contributed by atoms with Crippen molar-refractivity contribution in [3.05, 3.63) is 27.3 Å². The van der Waals surface area contributed by atoms with Crippen LogP contribution < -0.4 is 20.9 Å². The van der Waals surface area contributed by atoms with Crippen LogP contribution in [0.15, 0.2) is 18.2 Å². The summed E-state index contributed by atoms with van der Waals surface area (Å²) in [4.78, 5) is 34.6. The number of hydrazine groups is 1. The molecule has 0 aliphatic heterocycles. The number of nitrogens with one attached hydrogen (secondary N) is 3. The maximum absolute atomic E-state index is 12.3. The third-order valence-electron chi connectivity index (χ3n) is 2.85. The Labute approximate surface area is 160 Å². The van der Waals surface area contributed by atoms with Gasteiger partial charge in [0.05, 0.1) is 17.2 Å². The molecule has 0 radical (unpaired) electrons. The van der Waals surface area contributed by atoms with Gasteiger partial charge in [-0.25, -0.2) is 10.2 Å². The van der Waals surface area contributed by atoms with E-state index in [0.29, 0.717) is 17.6 Å². The maximum Gasteiger partial charge on any atom is 0.422 e. The topological polar surface area (TPSA) is 106 Å². The van der Waals surface area contributed by atoms with Gasteiger partial charge in [0.15, 0.2) is 0 Å². The molecule has 0 aliphatic carbocycles. The molecule has 0 unspecified atom stereocenters. The molecule has 9 heteroatoms. The first-order valence-electron chi connectivity index (χ1n) is 7.47. The average Bonchev–Trinajstić information content (AvgIpc) is 2.51. The van der Waals surface area contributed by atoms with E-state index < -0.39 is 23.6 Å². The quantitative estimate of drug-likeness (QED) is 0.323. The molecular weight excluding hydrogens is 441 g/mol. The second-order valence-corrected chi connectivity index (χ2v) is 7.17. The summed E-state index contributed by atoms with van der Waals surface area (Å²) in [6.07, 6.45) is -0.141. The summed E-state index contributed by atoms with van der Waals surface area (Å²) in [5, 5.41) is 2.46. The largest absolute Gasteiger partial charge is 0.496 e. The molecule has 0 fully saturated rings. The Bertz CT molecular complexity index is 631. The molecule has 0 saturated carbocycles. The van der Waals surface area contributed by atoms with E-state index >= 15 is 0 Å². The molecule has 138 valence electrons.